The molecule has 1 aliphatic rings. The number of amides is 1. The van der Waals surface area contributed by atoms with E-state index in [2.05, 4.69) is 10.5 Å². The van der Waals surface area contributed by atoms with Crippen molar-refractivity contribution in [1.29, 1.82) is 0 Å². The summed E-state index contributed by atoms with van der Waals surface area (Å²) >= 11 is 2.77. The zero-order valence-electron chi connectivity index (χ0n) is 20.3. The molecule has 0 saturated carbocycles. The van der Waals surface area contributed by atoms with E-state index in [0.717, 1.165) is 36.1 Å². The Morgan fingerprint density at radius 1 is 1.22 bits per heavy atom. The normalized spacial score (nSPS) is 13.1. The lowest BCUT2D eigenvalue weighted by Crippen LogP contribution is -2.24. The van der Waals surface area contributed by atoms with Crippen LogP contribution in [-0.4, -0.2) is 39.1 Å². The molecule has 0 aliphatic heterocycles. The molecule has 0 radical (unpaired) electrons. The van der Waals surface area contributed by atoms with Crippen LogP contribution < -0.4 is 15.7 Å². The van der Waals surface area contributed by atoms with Crippen molar-refractivity contribution >= 4 is 45.4 Å². The Morgan fingerprint density at radius 2 is 2.03 bits per heavy atom. The number of aromatic hydroxyl groups is 1. The number of para-hydroxylation sites is 2. The number of hydrogen-bond donors (Lipinski definition) is 2. The summed E-state index contributed by atoms with van der Waals surface area (Å²) in [5.41, 5.74) is 4.65. The van der Waals surface area contributed by atoms with Gasteiger partial charge in [-0.1, -0.05) is 36.0 Å². The Balaban J connectivity index is 1.38. The van der Waals surface area contributed by atoms with Gasteiger partial charge in [0.05, 0.1) is 29.6 Å². The second-order valence-electron chi connectivity index (χ2n) is 8.47. The molecule has 0 unspecified atom stereocenters. The molecular formula is C27H26N4O4S2. The Bertz CT molecular complexity index is 1530. The summed E-state index contributed by atoms with van der Waals surface area (Å²) in [6, 6.07) is 14.4. The number of carbonyl (C=O) groups is 1. The Hall–Kier alpha value is -3.63. The first kappa shape index (κ1) is 25.0. The van der Waals surface area contributed by atoms with Crippen molar-refractivity contribution in [2.45, 2.75) is 37.8 Å². The van der Waals surface area contributed by atoms with Gasteiger partial charge in [0.1, 0.15) is 4.83 Å². The third-order valence-electron chi connectivity index (χ3n) is 6.03. The predicted octanol–water partition coefficient (Wildman–Crippen LogP) is 4.67. The highest BCUT2D eigenvalue weighted by molar-refractivity contribution is 7.99. The van der Waals surface area contributed by atoms with Gasteiger partial charge in [0, 0.05) is 10.4 Å². The number of phenols is 1. The van der Waals surface area contributed by atoms with Crippen LogP contribution in [0.1, 0.15) is 35.8 Å². The van der Waals surface area contributed by atoms with E-state index in [1.807, 2.05) is 37.3 Å². The van der Waals surface area contributed by atoms with E-state index in [0.29, 0.717) is 34.1 Å². The zero-order valence-corrected chi connectivity index (χ0v) is 21.9. The molecule has 8 nitrogen and oxygen atoms in total. The van der Waals surface area contributed by atoms with E-state index >= 15 is 0 Å². The molecule has 0 atom stereocenters. The van der Waals surface area contributed by atoms with E-state index in [4.69, 9.17) is 9.72 Å². The standard InChI is InChI=1S/C27H26N4O4S2/c1-2-35-20-13-8-9-17(24(20)33)15-28-30-22(32)16-36-27-29-25-23(19-12-6-7-14-21(19)37-25)26(34)31(27)18-10-4-3-5-11-18/h3-5,8-11,13,15,33H,2,6-7,12,14,16H2,1H3,(H,30,32)/b28-15-. The van der Waals surface area contributed by atoms with Crippen LogP contribution in [0.25, 0.3) is 15.9 Å². The van der Waals surface area contributed by atoms with Gasteiger partial charge in [-0.05, 0) is 62.4 Å². The van der Waals surface area contributed by atoms with Crippen molar-refractivity contribution in [2.75, 3.05) is 12.4 Å². The minimum absolute atomic E-state index is 0.0121. The number of hydrazone groups is 1. The number of carbonyl (C=O) groups excluding carboxylic acids is 1. The van der Waals surface area contributed by atoms with Crippen LogP contribution in [0.15, 0.2) is 63.6 Å². The van der Waals surface area contributed by atoms with Gasteiger partial charge in [0.15, 0.2) is 16.7 Å². The van der Waals surface area contributed by atoms with Crippen LogP contribution in [0.3, 0.4) is 0 Å². The SMILES string of the molecule is CCOc1cccc(/C=N\NC(=O)CSc2nc3sc4c(c3c(=O)n2-c2ccccc2)CCCC4)c1O. The van der Waals surface area contributed by atoms with Crippen molar-refractivity contribution in [3.8, 4) is 17.2 Å². The number of aromatic nitrogens is 2. The maximum Gasteiger partial charge on any atom is 0.267 e. The highest BCUT2D eigenvalue weighted by atomic mass is 32.2. The number of rotatable bonds is 8. The number of nitrogens with zero attached hydrogens (tertiary/aromatic N) is 3. The number of ether oxygens (including phenoxy) is 1. The van der Waals surface area contributed by atoms with E-state index < -0.39 is 0 Å². The molecule has 0 saturated heterocycles. The fraction of sp³-hybridized carbons (Fsp3) is 0.259. The van der Waals surface area contributed by atoms with Crippen molar-refractivity contribution < 1.29 is 14.6 Å². The van der Waals surface area contributed by atoms with Gasteiger partial charge in [-0.15, -0.1) is 11.3 Å². The highest BCUT2D eigenvalue weighted by Crippen LogP contribution is 2.35. The highest BCUT2D eigenvalue weighted by Gasteiger charge is 2.23. The van der Waals surface area contributed by atoms with E-state index in [-0.39, 0.29) is 23.0 Å². The van der Waals surface area contributed by atoms with Crippen molar-refractivity contribution in [3.05, 3.63) is 74.9 Å². The van der Waals surface area contributed by atoms with Crippen molar-refractivity contribution in [2.24, 2.45) is 5.10 Å². The van der Waals surface area contributed by atoms with Gasteiger partial charge < -0.3 is 9.84 Å². The van der Waals surface area contributed by atoms with Crippen LogP contribution in [0, 0.1) is 0 Å². The average Bonchev–Trinajstić information content (AvgIpc) is 3.29. The first-order chi connectivity index (χ1) is 18.1. The summed E-state index contributed by atoms with van der Waals surface area (Å²) in [7, 11) is 0. The third kappa shape index (κ3) is 5.26. The molecule has 190 valence electrons. The van der Waals surface area contributed by atoms with E-state index in [1.54, 1.807) is 34.1 Å². The molecule has 5 rings (SSSR count). The Labute approximate surface area is 222 Å². The molecular weight excluding hydrogens is 508 g/mol. The number of nitrogens with one attached hydrogen (secondary N) is 1. The second-order valence-corrected chi connectivity index (χ2v) is 10.5. The largest absolute Gasteiger partial charge is 0.504 e. The molecule has 37 heavy (non-hydrogen) atoms. The van der Waals surface area contributed by atoms with E-state index in [1.165, 1.54) is 22.9 Å². The topological polar surface area (TPSA) is 106 Å². The summed E-state index contributed by atoms with van der Waals surface area (Å²) in [4.78, 5) is 33.1. The van der Waals surface area contributed by atoms with Crippen LogP contribution in [0.4, 0.5) is 0 Å². The van der Waals surface area contributed by atoms with Gasteiger partial charge in [0.2, 0.25) is 0 Å². The van der Waals surface area contributed by atoms with Gasteiger partial charge >= 0.3 is 0 Å². The van der Waals surface area contributed by atoms with Crippen LogP contribution in [0.5, 0.6) is 11.5 Å². The smallest absolute Gasteiger partial charge is 0.267 e. The van der Waals surface area contributed by atoms with Crippen molar-refractivity contribution in [1.82, 2.24) is 15.0 Å². The quantitative estimate of drug-likeness (QED) is 0.147. The first-order valence-corrected chi connectivity index (χ1v) is 13.9. The molecule has 1 amide bonds. The number of hydrogen-bond acceptors (Lipinski definition) is 8. The number of aryl methyl sites for hydroxylation is 2. The summed E-state index contributed by atoms with van der Waals surface area (Å²) < 4.78 is 6.97. The maximum absolute atomic E-state index is 13.7. The molecule has 2 heterocycles. The van der Waals surface area contributed by atoms with Gasteiger partial charge in [-0.2, -0.15) is 5.10 Å². The minimum Gasteiger partial charge on any atom is -0.504 e. The summed E-state index contributed by atoms with van der Waals surface area (Å²) in [5.74, 6) is -0.0390. The molecule has 0 fully saturated rings. The van der Waals surface area contributed by atoms with E-state index in [9.17, 15) is 14.7 Å². The average molecular weight is 535 g/mol. The van der Waals surface area contributed by atoms with Crippen LogP contribution in [0.2, 0.25) is 0 Å². The summed E-state index contributed by atoms with van der Waals surface area (Å²) in [5, 5.41) is 15.4. The molecule has 0 spiro atoms. The second kappa shape index (κ2) is 11.2. The molecule has 1 aliphatic carbocycles. The lowest BCUT2D eigenvalue weighted by Gasteiger charge is -2.13. The minimum atomic E-state index is -0.360. The number of fused-ring (bicyclic) bond motifs is 3. The lowest BCUT2D eigenvalue weighted by molar-refractivity contribution is -0.118. The fourth-order valence-electron chi connectivity index (χ4n) is 4.34. The zero-order chi connectivity index (χ0) is 25.8. The lowest BCUT2D eigenvalue weighted by atomic mass is 9.97. The Morgan fingerprint density at radius 3 is 2.84 bits per heavy atom. The Kier molecular flexibility index (Phi) is 7.57. The molecule has 2 aromatic carbocycles. The number of phenolic OH excluding ortho intramolecular Hbond substituents is 1. The van der Waals surface area contributed by atoms with Gasteiger partial charge in [0.25, 0.3) is 11.5 Å². The number of benzene rings is 2. The summed E-state index contributed by atoms with van der Waals surface area (Å²) in [6.45, 7) is 2.25. The maximum atomic E-state index is 13.7. The van der Waals surface area contributed by atoms with Gasteiger partial charge in [-0.25, -0.2) is 10.4 Å². The van der Waals surface area contributed by atoms with Crippen LogP contribution in [-0.2, 0) is 17.6 Å². The monoisotopic (exact) mass is 534 g/mol. The predicted molar refractivity (Wildman–Crippen MR) is 148 cm³/mol. The molecule has 2 aromatic heterocycles. The number of thioether (sulfide) groups is 1. The molecule has 10 heteroatoms. The van der Waals surface area contributed by atoms with Crippen LogP contribution >= 0.6 is 23.1 Å². The molecule has 2 N–H and O–H groups in total. The van der Waals surface area contributed by atoms with Crippen molar-refractivity contribution in [3.63, 3.8) is 0 Å². The summed E-state index contributed by atoms with van der Waals surface area (Å²) in [6.07, 6.45) is 5.45. The first-order valence-electron chi connectivity index (χ1n) is 12.1. The third-order valence-corrected chi connectivity index (χ3v) is 8.15. The fourth-order valence-corrected chi connectivity index (χ4v) is 6.45. The molecule has 4 aromatic rings. The number of thiophene rings is 1. The van der Waals surface area contributed by atoms with Gasteiger partial charge in [-0.3, -0.25) is 14.2 Å². The molecule has 0 bridgehead atoms.